The highest BCUT2D eigenvalue weighted by Crippen LogP contribution is 2.40. The largest absolute Gasteiger partial charge is 0.264 e. The molecule has 0 aliphatic carbocycles. The Morgan fingerprint density at radius 2 is 0.848 bits per heavy atom. The van der Waals surface area contributed by atoms with E-state index in [9.17, 15) is 0 Å². The van der Waals surface area contributed by atoms with E-state index in [4.69, 9.17) is 0 Å². The Morgan fingerprint density at radius 1 is 0.455 bits per heavy atom. The molecule has 0 aliphatic rings. The normalized spacial score (nSPS) is 12.1. The summed E-state index contributed by atoms with van der Waals surface area (Å²) in [6.45, 7) is 24.7. The number of rotatable bonds is 1. The smallest absolute Gasteiger partial charge is 0.0305 e. The van der Waals surface area contributed by atoms with Crippen LogP contribution in [0.1, 0.15) is 92.9 Å². The molecule has 1 heteroatoms. The summed E-state index contributed by atoms with van der Waals surface area (Å²) in [7, 11) is 0. The first kappa shape index (κ1) is 28.6. The molecule has 180 valence electrons. The van der Waals surface area contributed by atoms with Gasteiger partial charge in [0.25, 0.3) is 0 Å². The predicted octanol–water partition coefficient (Wildman–Crippen LogP) is 9.37. The van der Waals surface area contributed by atoms with E-state index in [1.807, 2.05) is 12.3 Å². The molecule has 0 saturated heterocycles. The number of nitrogens with zero attached hydrogens (tertiary/aromatic N) is 1. The molecule has 0 aliphatic heterocycles. The van der Waals surface area contributed by atoms with Crippen molar-refractivity contribution in [3.8, 4) is 0 Å². The molecule has 0 atom stereocenters. The van der Waals surface area contributed by atoms with Gasteiger partial charge in [-0.15, -0.1) is 0 Å². The highest BCUT2D eigenvalue weighted by atomic mass is 14.6. The van der Waals surface area contributed by atoms with E-state index in [2.05, 4.69) is 148 Å². The van der Waals surface area contributed by atoms with Crippen LogP contribution < -0.4 is 0 Å². The molecule has 1 heterocycles. The molecule has 0 N–H and O–H groups in total. The summed E-state index contributed by atoms with van der Waals surface area (Å²) in [6, 6.07) is 25.4. The Hall–Kier alpha value is -2.41. The Morgan fingerprint density at radius 3 is 1.12 bits per heavy atom. The van der Waals surface area contributed by atoms with Crippen molar-refractivity contribution in [1.29, 1.82) is 0 Å². The van der Waals surface area contributed by atoms with E-state index < -0.39 is 0 Å². The summed E-state index contributed by atoms with van der Waals surface area (Å²) in [5, 5.41) is 0. The van der Waals surface area contributed by atoms with Gasteiger partial charge < -0.3 is 0 Å². The van der Waals surface area contributed by atoms with Crippen LogP contribution >= 0.6 is 0 Å². The molecule has 2 aromatic carbocycles. The molecule has 0 unspecified atom stereocenters. The summed E-state index contributed by atoms with van der Waals surface area (Å²) in [4.78, 5) is 4.05. The Balaban J connectivity index is 0.000000251. The van der Waals surface area contributed by atoms with Gasteiger partial charge in [0.05, 0.1) is 0 Å². The first-order valence-electron chi connectivity index (χ1n) is 12.1. The average Bonchev–Trinajstić information content (AvgIpc) is 2.75. The van der Waals surface area contributed by atoms with E-state index in [0.29, 0.717) is 10.8 Å². The van der Waals surface area contributed by atoms with Gasteiger partial charge in [-0.1, -0.05) is 143 Å². The molecule has 33 heavy (non-hydrogen) atoms. The highest BCUT2D eigenvalue weighted by Gasteiger charge is 2.33. The van der Waals surface area contributed by atoms with Gasteiger partial charge in [0.2, 0.25) is 0 Å². The minimum absolute atomic E-state index is 0.230. The summed E-state index contributed by atoms with van der Waals surface area (Å²) < 4.78 is 0. The minimum atomic E-state index is 0.230. The van der Waals surface area contributed by atoms with Crippen molar-refractivity contribution >= 4 is 0 Å². The molecular formula is C32H47N. The topological polar surface area (TPSA) is 12.9 Å². The van der Waals surface area contributed by atoms with Crippen LogP contribution in [0.5, 0.6) is 0 Å². The van der Waals surface area contributed by atoms with Gasteiger partial charge >= 0.3 is 0 Å². The fourth-order valence-electron chi connectivity index (χ4n) is 3.03. The second kappa shape index (κ2) is 11.6. The van der Waals surface area contributed by atoms with Crippen LogP contribution in [0.15, 0.2) is 85.2 Å². The van der Waals surface area contributed by atoms with Crippen molar-refractivity contribution in [1.82, 2.24) is 4.98 Å². The van der Waals surface area contributed by atoms with E-state index in [1.165, 1.54) is 16.7 Å². The lowest BCUT2D eigenvalue weighted by Gasteiger charge is -2.39. The first-order valence-corrected chi connectivity index (χ1v) is 12.1. The molecule has 0 bridgehead atoms. The third-order valence-electron chi connectivity index (χ3n) is 6.54. The van der Waals surface area contributed by atoms with Crippen LogP contribution in [0.2, 0.25) is 0 Å². The fourth-order valence-corrected chi connectivity index (χ4v) is 3.03. The van der Waals surface area contributed by atoms with Gasteiger partial charge in [-0.05, 0) is 44.4 Å². The molecule has 1 nitrogen and oxygen atoms in total. The van der Waals surface area contributed by atoms with Crippen molar-refractivity contribution in [2.75, 3.05) is 0 Å². The third kappa shape index (κ3) is 9.54. The maximum Gasteiger partial charge on any atom is 0.0305 e. The Bertz CT molecular complexity index is 854. The fraction of sp³-hybridized carbons (Fsp3) is 0.469. The second-order valence-electron chi connectivity index (χ2n) is 12.3. The van der Waals surface area contributed by atoms with Crippen molar-refractivity contribution < 1.29 is 0 Å². The van der Waals surface area contributed by atoms with Crippen molar-refractivity contribution in [3.63, 3.8) is 0 Å². The van der Waals surface area contributed by atoms with E-state index in [1.54, 1.807) is 6.20 Å². The van der Waals surface area contributed by atoms with Gasteiger partial charge in [-0.25, -0.2) is 0 Å². The number of aromatic nitrogens is 1. The van der Waals surface area contributed by atoms with Gasteiger partial charge in [0, 0.05) is 12.4 Å². The molecule has 1 aromatic heterocycles. The van der Waals surface area contributed by atoms with Crippen LogP contribution in [0.25, 0.3) is 0 Å². The summed E-state index contributed by atoms with van der Waals surface area (Å²) >= 11 is 0. The van der Waals surface area contributed by atoms with Crippen molar-refractivity contribution in [2.24, 2.45) is 5.41 Å². The predicted molar refractivity (Wildman–Crippen MR) is 147 cm³/mol. The lowest BCUT2D eigenvalue weighted by Crippen LogP contribution is -2.33. The Labute approximate surface area is 204 Å². The van der Waals surface area contributed by atoms with Crippen LogP contribution in [-0.4, -0.2) is 4.98 Å². The highest BCUT2D eigenvalue weighted by molar-refractivity contribution is 5.25. The molecule has 0 fully saturated rings. The monoisotopic (exact) mass is 445 g/mol. The van der Waals surface area contributed by atoms with Crippen LogP contribution in [0.3, 0.4) is 0 Å². The summed E-state index contributed by atoms with van der Waals surface area (Å²) in [6.07, 6.45) is 3.72. The standard InChI is InChI=1S/C13H20.C10H14.C9H13N/c1-12(2,3)13(4,5)11-9-7-6-8-10-11;1-10(2,3)9-7-5-4-6-8-9;1-9(2,3)8-5-4-6-10-7-8/h6-10H,1-5H3;4-8H,1-3H3;4-7H,1-3H3. The SMILES string of the molecule is CC(C)(C)C(C)(C)c1ccccc1.CC(C)(C)c1ccccc1.CC(C)(C)c1cccnc1. The van der Waals surface area contributed by atoms with Crippen molar-refractivity contribution in [2.45, 2.75) is 92.4 Å². The maximum absolute atomic E-state index is 4.05. The van der Waals surface area contributed by atoms with Crippen LogP contribution in [-0.2, 0) is 16.2 Å². The maximum atomic E-state index is 4.05. The molecule has 3 rings (SSSR count). The van der Waals surface area contributed by atoms with Gasteiger partial charge in [-0.2, -0.15) is 0 Å². The second-order valence-corrected chi connectivity index (χ2v) is 12.3. The average molecular weight is 446 g/mol. The zero-order valence-electron chi connectivity index (χ0n) is 23.0. The Kier molecular flexibility index (Phi) is 10.1. The van der Waals surface area contributed by atoms with Gasteiger partial charge in [0.1, 0.15) is 0 Å². The number of hydrogen-bond acceptors (Lipinski definition) is 1. The van der Waals surface area contributed by atoms with E-state index in [-0.39, 0.29) is 10.8 Å². The number of benzene rings is 2. The lowest BCUT2D eigenvalue weighted by molar-refractivity contribution is 0.225. The zero-order chi connectivity index (χ0) is 25.3. The van der Waals surface area contributed by atoms with Gasteiger partial charge in [-0.3, -0.25) is 4.98 Å². The molecule has 0 spiro atoms. The van der Waals surface area contributed by atoms with E-state index >= 15 is 0 Å². The zero-order valence-corrected chi connectivity index (χ0v) is 23.0. The first-order chi connectivity index (χ1) is 15.1. The summed E-state index contributed by atoms with van der Waals surface area (Å²) in [5.41, 5.74) is 5.16. The van der Waals surface area contributed by atoms with Gasteiger partial charge in [0.15, 0.2) is 0 Å². The molecule has 3 aromatic rings. The number of pyridine rings is 1. The molecule has 0 radical (unpaired) electrons. The third-order valence-corrected chi connectivity index (χ3v) is 6.54. The lowest BCUT2D eigenvalue weighted by atomic mass is 9.65. The van der Waals surface area contributed by atoms with Crippen LogP contribution in [0.4, 0.5) is 0 Å². The number of hydrogen-bond donors (Lipinski definition) is 0. The van der Waals surface area contributed by atoms with Crippen molar-refractivity contribution in [3.05, 3.63) is 102 Å². The molecule has 0 amide bonds. The summed E-state index contributed by atoms with van der Waals surface area (Å²) in [5.74, 6) is 0. The van der Waals surface area contributed by atoms with E-state index in [0.717, 1.165) is 0 Å². The quantitative estimate of drug-likeness (QED) is 0.363. The minimum Gasteiger partial charge on any atom is -0.264 e. The molecule has 0 saturated carbocycles. The van der Waals surface area contributed by atoms with Crippen LogP contribution in [0, 0.1) is 5.41 Å². The molecular weight excluding hydrogens is 398 g/mol.